The lowest BCUT2D eigenvalue weighted by atomic mass is 10.1. The molecule has 1 aliphatic rings. The molecule has 14 heavy (non-hydrogen) atoms. The van der Waals surface area contributed by atoms with Gasteiger partial charge in [0.05, 0.1) is 6.04 Å². The summed E-state index contributed by atoms with van der Waals surface area (Å²) in [6, 6.07) is -0.574. The van der Waals surface area contributed by atoms with Crippen molar-refractivity contribution in [3.8, 4) is 0 Å². The minimum atomic E-state index is -4.94. The van der Waals surface area contributed by atoms with Gasteiger partial charge in [0.1, 0.15) is 6.10 Å². The summed E-state index contributed by atoms with van der Waals surface area (Å²) in [7, 11) is 0. The number of rotatable bonds is 1. The maximum Gasteiger partial charge on any atom is 0.490 e. The number of carbonyl (C=O) groups is 1. The van der Waals surface area contributed by atoms with Crippen molar-refractivity contribution in [3.05, 3.63) is 0 Å². The summed E-state index contributed by atoms with van der Waals surface area (Å²) in [4.78, 5) is 10.5. The van der Waals surface area contributed by atoms with Gasteiger partial charge >= 0.3 is 12.1 Å². The number of hydrogen-bond donors (Lipinski definition) is 2. The Labute approximate surface area is 78.6 Å². The molecule has 0 radical (unpaired) electrons. The topological polar surface area (TPSA) is 64.3 Å². The van der Waals surface area contributed by atoms with E-state index in [1.807, 2.05) is 0 Å². The number of esters is 1. The number of hydrogen-bond acceptors (Lipinski definition) is 4. The second-order valence-electron chi connectivity index (χ2n) is 3.10. The number of carbonyl (C=O) groups excluding carboxylic acids is 1. The first-order valence-electron chi connectivity index (χ1n) is 4.15. The van der Waals surface area contributed by atoms with E-state index in [9.17, 15) is 18.0 Å². The zero-order valence-electron chi connectivity index (χ0n) is 7.30. The fraction of sp³-hybridized carbons (Fsp3) is 0.857. The van der Waals surface area contributed by atoms with Gasteiger partial charge in [0.15, 0.2) is 0 Å². The summed E-state index contributed by atoms with van der Waals surface area (Å²) in [6.45, 7) is 0.860. The van der Waals surface area contributed by atoms with Crippen LogP contribution >= 0.6 is 0 Å². The van der Waals surface area contributed by atoms with Crippen LogP contribution in [-0.2, 0) is 9.53 Å². The van der Waals surface area contributed by atoms with Gasteiger partial charge in [0, 0.05) is 6.54 Å². The third-order valence-corrected chi connectivity index (χ3v) is 1.95. The monoisotopic (exact) mass is 212 g/mol. The van der Waals surface area contributed by atoms with E-state index in [-0.39, 0.29) is 0 Å². The van der Waals surface area contributed by atoms with E-state index in [1.54, 1.807) is 0 Å². The summed E-state index contributed by atoms with van der Waals surface area (Å²) >= 11 is 0. The van der Waals surface area contributed by atoms with Crippen molar-refractivity contribution in [2.24, 2.45) is 5.73 Å². The van der Waals surface area contributed by atoms with Gasteiger partial charge in [-0.1, -0.05) is 0 Å². The van der Waals surface area contributed by atoms with E-state index < -0.39 is 24.3 Å². The first kappa shape index (κ1) is 11.3. The molecule has 1 aliphatic heterocycles. The number of alkyl halides is 3. The van der Waals surface area contributed by atoms with Crippen LogP contribution in [0.3, 0.4) is 0 Å². The first-order chi connectivity index (χ1) is 6.41. The first-order valence-corrected chi connectivity index (χ1v) is 4.15. The third kappa shape index (κ3) is 2.85. The lowest BCUT2D eigenvalue weighted by Gasteiger charge is -2.29. The Kier molecular flexibility index (Phi) is 3.33. The molecular weight excluding hydrogens is 201 g/mol. The smallest absolute Gasteiger partial charge is 0.454 e. The molecule has 3 N–H and O–H groups in total. The lowest BCUT2D eigenvalue weighted by molar-refractivity contribution is -0.206. The predicted octanol–water partition coefficient (Wildman–Crippen LogP) is -0.219. The second kappa shape index (κ2) is 4.14. The van der Waals surface area contributed by atoms with Crippen LogP contribution in [0.1, 0.15) is 6.42 Å². The Balaban J connectivity index is 2.46. The van der Waals surface area contributed by atoms with Crippen LogP contribution in [0.2, 0.25) is 0 Å². The summed E-state index contributed by atoms with van der Waals surface area (Å²) in [5.74, 6) is -2.17. The molecule has 0 aromatic heterocycles. The summed E-state index contributed by atoms with van der Waals surface area (Å²) in [5.41, 5.74) is 5.46. The number of piperidine rings is 1. The van der Waals surface area contributed by atoms with Crippen molar-refractivity contribution in [1.29, 1.82) is 0 Å². The van der Waals surface area contributed by atoms with Crippen LogP contribution in [0.5, 0.6) is 0 Å². The van der Waals surface area contributed by atoms with Crippen LogP contribution in [0.15, 0.2) is 0 Å². The third-order valence-electron chi connectivity index (χ3n) is 1.95. The van der Waals surface area contributed by atoms with E-state index in [0.29, 0.717) is 19.5 Å². The zero-order chi connectivity index (χ0) is 10.8. The van der Waals surface area contributed by atoms with Gasteiger partial charge in [-0.25, -0.2) is 4.79 Å². The van der Waals surface area contributed by atoms with Gasteiger partial charge in [-0.15, -0.1) is 0 Å². The molecule has 0 aromatic rings. The highest BCUT2D eigenvalue weighted by atomic mass is 19.4. The molecule has 0 bridgehead atoms. The van der Waals surface area contributed by atoms with E-state index >= 15 is 0 Å². The molecule has 7 heteroatoms. The summed E-state index contributed by atoms with van der Waals surface area (Å²) < 4.78 is 39.6. The van der Waals surface area contributed by atoms with E-state index in [4.69, 9.17) is 5.73 Å². The van der Waals surface area contributed by atoms with Gasteiger partial charge < -0.3 is 15.8 Å². The normalized spacial score (nSPS) is 28.6. The highest BCUT2D eigenvalue weighted by Gasteiger charge is 2.43. The van der Waals surface area contributed by atoms with Crippen molar-refractivity contribution in [3.63, 3.8) is 0 Å². The molecule has 0 aliphatic carbocycles. The average Bonchev–Trinajstić information content (AvgIpc) is 2.07. The van der Waals surface area contributed by atoms with Crippen LogP contribution in [0.25, 0.3) is 0 Å². The second-order valence-corrected chi connectivity index (χ2v) is 3.10. The SMILES string of the molecule is NC1CNCCC1OC(=O)C(F)(F)F. The predicted molar refractivity (Wildman–Crippen MR) is 41.4 cm³/mol. The molecular formula is C7H11F3N2O2. The van der Waals surface area contributed by atoms with Crippen molar-refractivity contribution < 1.29 is 22.7 Å². The number of nitrogens with one attached hydrogen (secondary N) is 1. The van der Waals surface area contributed by atoms with E-state index in [1.165, 1.54) is 0 Å². The zero-order valence-corrected chi connectivity index (χ0v) is 7.30. The standard InChI is InChI=1S/C7H11F3N2O2/c8-7(9,10)6(13)14-5-1-2-12-3-4(5)11/h4-5,12H,1-3,11H2. The van der Waals surface area contributed by atoms with Crippen molar-refractivity contribution in [2.45, 2.75) is 24.7 Å². The summed E-state index contributed by atoms with van der Waals surface area (Å²) in [5, 5.41) is 2.88. The number of halogens is 3. The molecule has 4 nitrogen and oxygen atoms in total. The van der Waals surface area contributed by atoms with Gasteiger partial charge in [0.25, 0.3) is 0 Å². The largest absolute Gasteiger partial charge is 0.490 e. The molecule has 1 rings (SSSR count). The minimum Gasteiger partial charge on any atom is -0.454 e. The lowest BCUT2D eigenvalue weighted by Crippen LogP contribution is -2.52. The molecule has 0 aromatic carbocycles. The average molecular weight is 212 g/mol. The molecule has 1 fully saturated rings. The summed E-state index contributed by atoms with van der Waals surface area (Å²) in [6.07, 6.45) is -5.47. The van der Waals surface area contributed by atoms with Gasteiger partial charge in [-0.2, -0.15) is 13.2 Å². The molecule has 0 saturated carbocycles. The Morgan fingerprint density at radius 1 is 1.50 bits per heavy atom. The molecule has 1 saturated heterocycles. The van der Waals surface area contributed by atoms with E-state index in [2.05, 4.69) is 10.1 Å². The maximum atomic E-state index is 11.8. The molecule has 2 atom stereocenters. The van der Waals surface area contributed by atoms with Gasteiger partial charge in [0.2, 0.25) is 0 Å². The molecule has 0 amide bonds. The highest BCUT2D eigenvalue weighted by molar-refractivity contribution is 5.75. The Morgan fingerprint density at radius 3 is 2.64 bits per heavy atom. The Hall–Kier alpha value is -0.820. The highest BCUT2D eigenvalue weighted by Crippen LogP contribution is 2.19. The van der Waals surface area contributed by atoms with Gasteiger partial charge in [-0.05, 0) is 13.0 Å². The van der Waals surface area contributed by atoms with E-state index in [0.717, 1.165) is 0 Å². The van der Waals surface area contributed by atoms with Crippen molar-refractivity contribution >= 4 is 5.97 Å². The fourth-order valence-electron chi connectivity index (χ4n) is 1.21. The van der Waals surface area contributed by atoms with Crippen LogP contribution in [-0.4, -0.2) is 37.4 Å². The minimum absolute atomic E-state index is 0.309. The van der Waals surface area contributed by atoms with Crippen LogP contribution in [0.4, 0.5) is 13.2 Å². The van der Waals surface area contributed by atoms with Crippen molar-refractivity contribution in [2.75, 3.05) is 13.1 Å². The van der Waals surface area contributed by atoms with Crippen LogP contribution in [0, 0.1) is 0 Å². The Morgan fingerprint density at radius 2 is 2.14 bits per heavy atom. The number of ether oxygens (including phenoxy) is 1. The van der Waals surface area contributed by atoms with Crippen molar-refractivity contribution in [1.82, 2.24) is 5.32 Å². The number of nitrogens with two attached hydrogens (primary N) is 1. The molecule has 82 valence electrons. The van der Waals surface area contributed by atoms with Crippen LogP contribution < -0.4 is 11.1 Å². The van der Waals surface area contributed by atoms with Gasteiger partial charge in [-0.3, -0.25) is 0 Å². The molecule has 0 spiro atoms. The maximum absolute atomic E-state index is 11.8. The molecule has 1 heterocycles. The Bertz CT molecular complexity index is 219. The fourth-order valence-corrected chi connectivity index (χ4v) is 1.21. The quantitative estimate of drug-likeness (QED) is 0.590. The molecule has 2 unspecified atom stereocenters.